The van der Waals surface area contributed by atoms with Crippen LogP contribution in [0, 0.1) is 5.92 Å². The lowest BCUT2D eigenvalue weighted by molar-refractivity contribution is -0.150. The summed E-state index contributed by atoms with van der Waals surface area (Å²) in [5.74, 6) is -0.291. The molecule has 0 amide bonds. The van der Waals surface area contributed by atoms with Crippen LogP contribution in [0.4, 0.5) is 0 Å². The molecule has 0 saturated carbocycles. The van der Waals surface area contributed by atoms with Gasteiger partial charge in [0.05, 0.1) is 19.4 Å². The summed E-state index contributed by atoms with van der Waals surface area (Å²) < 4.78 is 10.3. The minimum atomic E-state index is -0.343. The van der Waals surface area contributed by atoms with Crippen molar-refractivity contribution in [2.75, 3.05) is 13.2 Å². The van der Waals surface area contributed by atoms with E-state index < -0.39 is 0 Å². The van der Waals surface area contributed by atoms with Crippen molar-refractivity contribution in [2.24, 2.45) is 5.92 Å². The van der Waals surface area contributed by atoms with E-state index in [1.165, 1.54) is 44.9 Å². The number of ether oxygens (including phenoxy) is 2. The van der Waals surface area contributed by atoms with Gasteiger partial charge in [-0.15, -0.1) is 0 Å². The number of allylic oxidation sites excluding steroid dienone is 1. The predicted molar refractivity (Wildman–Crippen MR) is 107 cm³/mol. The molecular weight excluding hydrogens is 328 g/mol. The van der Waals surface area contributed by atoms with Crippen molar-refractivity contribution in [3.8, 4) is 0 Å². The lowest BCUT2D eigenvalue weighted by atomic mass is 10.1. The third kappa shape index (κ3) is 17.5. The Labute approximate surface area is 160 Å². The van der Waals surface area contributed by atoms with E-state index >= 15 is 0 Å². The second-order valence-corrected chi connectivity index (χ2v) is 7.14. The second-order valence-electron chi connectivity index (χ2n) is 7.14. The van der Waals surface area contributed by atoms with E-state index in [9.17, 15) is 9.59 Å². The standard InChI is InChI=1S/C22H40O4/c1-4-6-7-8-9-10-11-12-13-14-18-25-21(23)16-17-22(24)26-19-20(3)15-5-2/h13-14,20H,4-12,15-19H2,1-3H3/b14-13+. The summed E-state index contributed by atoms with van der Waals surface area (Å²) in [6, 6.07) is 0. The van der Waals surface area contributed by atoms with Crippen molar-refractivity contribution >= 4 is 11.9 Å². The van der Waals surface area contributed by atoms with Crippen molar-refractivity contribution in [2.45, 2.75) is 97.8 Å². The molecule has 1 atom stereocenters. The first-order valence-corrected chi connectivity index (χ1v) is 10.6. The van der Waals surface area contributed by atoms with E-state index in [1.54, 1.807) is 0 Å². The summed E-state index contributed by atoms with van der Waals surface area (Å²) >= 11 is 0. The maximum atomic E-state index is 11.6. The van der Waals surface area contributed by atoms with Crippen LogP contribution < -0.4 is 0 Å². The molecule has 0 aromatic heterocycles. The van der Waals surface area contributed by atoms with E-state index in [1.807, 2.05) is 6.08 Å². The summed E-state index contributed by atoms with van der Waals surface area (Å²) in [4.78, 5) is 23.2. The van der Waals surface area contributed by atoms with Crippen molar-refractivity contribution in [1.82, 2.24) is 0 Å². The van der Waals surface area contributed by atoms with Crippen molar-refractivity contribution in [1.29, 1.82) is 0 Å². The molecule has 0 bridgehead atoms. The van der Waals surface area contributed by atoms with Crippen LogP contribution in [-0.4, -0.2) is 25.2 Å². The molecule has 0 rings (SSSR count). The summed E-state index contributed by atoms with van der Waals surface area (Å²) in [5, 5.41) is 0. The Bertz CT molecular complexity index is 376. The van der Waals surface area contributed by atoms with Gasteiger partial charge in [-0.05, 0) is 25.2 Å². The van der Waals surface area contributed by atoms with Gasteiger partial charge in [-0.25, -0.2) is 0 Å². The SMILES string of the molecule is CCCCCCCCC/C=C/COC(=O)CCC(=O)OCC(C)CCC. The highest BCUT2D eigenvalue weighted by molar-refractivity contribution is 5.77. The fraction of sp³-hybridized carbons (Fsp3) is 0.818. The van der Waals surface area contributed by atoms with Gasteiger partial charge in [0.1, 0.15) is 6.61 Å². The average molecular weight is 369 g/mol. The Hall–Kier alpha value is -1.32. The molecule has 4 nitrogen and oxygen atoms in total. The molecule has 0 aliphatic rings. The van der Waals surface area contributed by atoms with Crippen LogP contribution in [0.5, 0.6) is 0 Å². The van der Waals surface area contributed by atoms with E-state index in [4.69, 9.17) is 9.47 Å². The van der Waals surface area contributed by atoms with Gasteiger partial charge in [-0.3, -0.25) is 9.59 Å². The zero-order chi connectivity index (χ0) is 19.5. The van der Waals surface area contributed by atoms with Crippen LogP contribution in [-0.2, 0) is 19.1 Å². The van der Waals surface area contributed by atoms with Crippen molar-refractivity contribution < 1.29 is 19.1 Å². The van der Waals surface area contributed by atoms with Crippen molar-refractivity contribution in [3.63, 3.8) is 0 Å². The lowest BCUT2D eigenvalue weighted by Crippen LogP contribution is -2.14. The maximum Gasteiger partial charge on any atom is 0.306 e. The smallest absolute Gasteiger partial charge is 0.306 e. The normalized spacial score (nSPS) is 12.3. The molecule has 0 spiro atoms. The number of carbonyl (C=O) groups excluding carboxylic acids is 2. The van der Waals surface area contributed by atoms with Gasteiger partial charge in [0.15, 0.2) is 0 Å². The summed E-state index contributed by atoms with van der Waals surface area (Å²) in [6.45, 7) is 7.13. The Kier molecular flexibility index (Phi) is 17.5. The Morgan fingerprint density at radius 2 is 1.42 bits per heavy atom. The quantitative estimate of drug-likeness (QED) is 0.180. The van der Waals surface area contributed by atoms with E-state index in [0.717, 1.165) is 19.3 Å². The molecule has 0 fully saturated rings. The average Bonchev–Trinajstić information content (AvgIpc) is 2.63. The van der Waals surface area contributed by atoms with Crippen LogP contribution in [0.1, 0.15) is 97.8 Å². The summed E-state index contributed by atoms with van der Waals surface area (Å²) in [6.07, 6.45) is 16.4. The van der Waals surface area contributed by atoms with Gasteiger partial charge < -0.3 is 9.47 Å². The number of hydrogen-bond donors (Lipinski definition) is 0. The third-order valence-corrected chi connectivity index (χ3v) is 4.33. The van der Waals surface area contributed by atoms with E-state index in [0.29, 0.717) is 12.5 Å². The first-order valence-electron chi connectivity index (χ1n) is 10.6. The molecule has 0 N–H and O–H groups in total. The van der Waals surface area contributed by atoms with E-state index in [2.05, 4.69) is 26.8 Å². The molecule has 152 valence electrons. The van der Waals surface area contributed by atoms with Gasteiger partial charge in [-0.2, -0.15) is 0 Å². The highest BCUT2D eigenvalue weighted by Gasteiger charge is 2.10. The second kappa shape index (κ2) is 18.5. The molecule has 1 unspecified atom stereocenters. The Morgan fingerprint density at radius 1 is 0.808 bits per heavy atom. The topological polar surface area (TPSA) is 52.6 Å². The molecular formula is C22H40O4. The molecule has 26 heavy (non-hydrogen) atoms. The Morgan fingerprint density at radius 3 is 2.08 bits per heavy atom. The van der Waals surface area contributed by atoms with Crippen LogP contribution in [0.3, 0.4) is 0 Å². The molecule has 0 radical (unpaired) electrons. The molecule has 0 aliphatic heterocycles. The molecule has 0 aromatic carbocycles. The van der Waals surface area contributed by atoms with Gasteiger partial charge in [-0.1, -0.05) is 77.9 Å². The molecule has 4 heteroatoms. The summed E-state index contributed by atoms with van der Waals surface area (Å²) in [5.41, 5.74) is 0. The van der Waals surface area contributed by atoms with Gasteiger partial charge in [0, 0.05) is 0 Å². The molecule has 0 aliphatic carbocycles. The lowest BCUT2D eigenvalue weighted by Gasteiger charge is -2.10. The van der Waals surface area contributed by atoms with Crippen LogP contribution >= 0.6 is 0 Å². The highest BCUT2D eigenvalue weighted by Crippen LogP contribution is 2.09. The number of esters is 2. The predicted octanol–water partition coefficient (Wildman–Crippen LogP) is 5.99. The fourth-order valence-electron chi connectivity index (χ4n) is 2.71. The van der Waals surface area contributed by atoms with Gasteiger partial charge in [0.2, 0.25) is 0 Å². The van der Waals surface area contributed by atoms with Crippen LogP contribution in [0.2, 0.25) is 0 Å². The van der Waals surface area contributed by atoms with Crippen molar-refractivity contribution in [3.05, 3.63) is 12.2 Å². The maximum absolute atomic E-state index is 11.6. The molecule has 0 heterocycles. The fourth-order valence-corrected chi connectivity index (χ4v) is 2.71. The zero-order valence-corrected chi connectivity index (χ0v) is 17.3. The minimum Gasteiger partial charge on any atom is -0.465 e. The third-order valence-electron chi connectivity index (χ3n) is 4.33. The highest BCUT2D eigenvalue weighted by atomic mass is 16.5. The molecule has 0 aromatic rings. The zero-order valence-electron chi connectivity index (χ0n) is 17.3. The van der Waals surface area contributed by atoms with Gasteiger partial charge >= 0.3 is 11.9 Å². The first-order chi connectivity index (χ1) is 12.6. The van der Waals surface area contributed by atoms with Crippen LogP contribution in [0.25, 0.3) is 0 Å². The number of unbranched alkanes of at least 4 members (excludes halogenated alkanes) is 7. The van der Waals surface area contributed by atoms with Gasteiger partial charge in [0.25, 0.3) is 0 Å². The summed E-state index contributed by atoms with van der Waals surface area (Å²) in [7, 11) is 0. The minimum absolute atomic E-state index is 0.0899. The molecule has 0 saturated heterocycles. The van der Waals surface area contributed by atoms with E-state index in [-0.39, 0.29) is 31.4 Å². The number of rotatable bonds is 17. The monoisotopic (exact) mass is 368 g/mol. The first kappa shape index (κ1) is 24.7. The largest absolute Gasteiger partial charge is 0.465 e. The Balaban J connectivity index is 3.49. The number of carbonyl (C=O) groups is 2. The number of hydrogen-bond acceptors (Lipinski definition) is 4. The van der Waals surface area contributed by atoms with Crippen LogP contribution in [0.15, 0.2) is 12.2 Å².